The molecule has 0 unspecified atom stereocenters. The summed E-state index contributed by atoms with van der Waals surface area (Å²) in [6.45, 7) is 1.90. The van der Waals surface area contributed by atoms with Crippen molar-refractivity contribution in [3.05, 3.63) is 35.0 Å². The molecule has 4 heteroatoms. The number of nitrogens with zero attached hydrogens (tertiary/aromatic N) is 1. The molecule has 0 fully saturated rings. The third-order valence-corrected chi connectivity index (χ3v) is 2.48. The van der Waals surface area contributed by atoms with Gasteiger partial charge >= 0.3 is 0 Å². The van der Waals surface area contributed by atoms with E-state index in [1.807, 2.05) is 31.2 Å². The monoisotopic (exact) mass is 207 g/mol. The van der Waals surface area contributed by atoms with Gasteiger partial charge in [-0.3, -0.25) is 10.8 Å². The van der Waals surface area contributed by atoms with E-state index in [1.165, 1.54) is 0 Å². The molecule has 0 atom stereocenters. The molecule has 0 spiro atoms. The maximum Gasteiger partial charge on any atom is 0.0721 e. The lowest BCUT2D eigenvalue weighted by atomic mass is 10.2. The average molecular weight is 208 g/mol. The van der Waals surface area contributed by atoms with Gasteiger partial charge < -0.3 is 5.43 Å². The van der Waals surface area contributed by atoms with Crippen LogP contribution >= 0.6 is 11.6 Å². The highest BCUT2D eigenvalue weighted by atomic mass is 35.5. The predicted octanol–water partition coefficient (Wildman–Crippen LogP) is 2.48. The Kier molecular flexibility index (Phi) is 2.27. The molecule has 0 aliphatic rings. The minimum atomic E-state index is 0.687. The quantitative estimate of drug-likeness (QED) is 0.558. The fraction of sp³-hybridized carbons (Fsp3) is 0.100. The lowest BCUT2D eigenvalue weighted by Gasteiger charge is -2.06. The second-order valence-corrected chi connectivity index (χ2v) is 3.48. The van der Waals surface area contributed by atoms with E-state index >= 15 is 0 Å². The van der Waals surface area contributed by atoms with Gasteiger partial charge in [0.2, 0.25) is 0 Å². The van der Waals surface area contributed by atoms with Crippen molar-refractivity contribution in [2.75, 3.05) is 5.43 Å². The van der Waals surface area contributed by atoms with Crippen molar-refractivity contribution in [2.45, 2.75) is 6.92 Å². The molecule has 1 heterocycles. The van der Waals surface area contributed by atoms with Gasteiger partial charge in [0.15, 0.2) is 0 Å². The third kappa shape index (κ3) is 1.41. The third-order valence-electron chi connectivity index (χ3n) is 2.15. The standard InChI is InChI=1S/C10H10ClN3/c1-6-10(14-12)5-7-8(11)3-2-4-9(7)13-6/h2-5,14H,12H2,1H3. The number of anilines is 1. The molecule has 1 aromatic carbocycles. The molecule has 0 saturated heterocycles. The van der Waals surface area contributed by atoms with Crippen molar-refractivity contribution >= 4 is 28.2 Å². The van der Waals surface area contributed by atoms with E-state index in [0.29, 0.717) is 5.02 Å². The first-order valence-electron chi connectivity index (χ1n) is 4.25. The first-order chi connectivity index (χ1) is 6.72. The summed E-state index contributed by atoms with van der Waals surface area (Å²) in [5, 5.41) is 1.60. The molecule has 3 nitrogen and oxygen atoms in total. The smallest absolute Gasteiger partial charge is 0.0721 e. The Morgan fingerprint density at radius 2 is 2.21 bits per heavy atom. The summed E-state index contributed by atoms with van der Waals surface area (Å²) in [5.41, 5.74) is 5.14. The highest BCUT2D eigenvalue weighted by Crippen LogP contribution is 2.25. The van der Waals surface area contributed by atoms with E-state index < -0.39 is 0 Å². The molecule has 0 bridgehead atoms. The summed E-state index contributed by atoms with van der Waals surface area (Å²) in [6.07, 6.45) is 0. The molecule has 0 amide bonds. The molecule has 14 heavy (non-hydrogen) atoms. The topological polar surface area (TPSA) is 50.9 Å². The van der Waals surface area contributed by atoms with E-state index in [9.17, 15) is 0 Å². The number of pyridine rings is 1. The number of nitrogens with one attached hydrogen (secondary N) is 1. The molecule has 0 aliphatic heterocycles. The molecule has 2 rings (SSSR count). The molecule has 2 aromatic rings. The number of nitrogens with two attached hydrogens (primary N) is 1. The highest BCUT2D eigenvalue weighted by molar-refractivity contribution is 6.35. The van der Waals surface area contributed by atoms with E-state index in [-0.39, 0.29) is 0 Å². The molecule has 0 saturated carbocycles. The Bertz CT molecular complexity index is 482. The fourth-order valence-corrected chi connectivity index (χ4v) is 1.63. The SMILES string of the molecule is Cc1nc2cccc(Cl)c2cc1NN. The highest BCUT2D eigenvalue weighted by Gasteiger charge is 2.03. The van der Waals surface area contributed by atoms with Gasteiger partial charge in [0.05, 0.1) is 21.9 Å². The second-order valence-electron chi connectivity index (χ2n) is 3.07. The van der Waals surface area contributed by atoms with Crippen molar-refractivity contribution in [2.24, 2.45) is 5.84 Å². The summed E-state index contributed by atoms with van der Waals surface area (Å²) < 4.78 is 0. The number of rotatable bonds is 1. The predicted molar refractivity (Wildman–Crippen MR) is 59.3 cm³/mol. The maximum absolute atomic E-state index is 6.03. The zero-order chi connectivity index (χ0) is 10.1. The summed E-state index contributed by atoms with van der Waals surface area (Å²) in [4.78, 5) is 4.38. The molecule has 0 radical (unpaired) electrons. The number of hydrogen-bond acceptors (Lipinski definition) is 3. The summed E-state index contributed by atoms with van der Waals surface area (Å²) in [7, 11) is 0. The Hall–Kier alpha value is -1.32. The first kappa shape index (κ1) is 9.24. The van der Waals surface area contributed by atoms with Crippen LogP contribution in [-0.2, 0) is 0 Å². The van der Waals surface area contributed by atoms with Gasteiger partial charge in [0.1, 0.15) is 0 Å². The van der Waals surface area contributed by atoms with E-state index in [0.717, 1.165) is 22.3 Å². The van der Waals surface area contributed by atoms with Gasteiger partial charge in [-0.25, -0.2) is 0 Å². The normalized spacial score (nSPS) is 10.5. The van der Waals surface area contributed by atoms with Crippen LogP contribution in [0, 0.1) is 6.92 Å². The Morgan fingerprint density at radius 3 is 2.93 bits per heavy atom. The van der Waals surface area contributed by atoms with Crippen LogP contribution in [0.15, 0.2) is 24.3 Å². The zero-order valence-electron chi connectivity index (χ0n) is 7.71. The van der Waals surface area contributed by atoms with Crippen molar-refractivity contribution in [1.82, 2.24) is 4.98 Å². The van der Waals surface area contributed by atoms with E-state index in [4.69, 9.17) is 17.4 Å². The summed E-state index contributed by atoms with van der Waals surface area (Å²) in [5.74, 6) is 5.36. The van der Waals surface area contributed by atoms with E-state index in [2.05, 4.69) is 10.4 Å². The van der Waals surface area contributed by atoms with Gasteiger partial charge in [-0.2, -0.15) is 0 Å². The van der Waals surface area contributed by atoms with Crippen LogP contribution in [0.2, 0.25) is 5.02 Å². The van der Waals surface area contributed by atoms with Crippen molar-refractivity contribution in [3.63, 3.8) is 0 Å². The first-order valence-corrected chi connectivity index (χ1v) is 4.62. The summed E-state index contributed by atoms with van der Waals surface area (Å²) >= 11 is 6.03. The number of aromatic nitrogens is 1. The largest absolute Gasteiger partial charge is 0.322 e. The number of nitrogen functional groups attached to an aromatic ring is 1. The Labute approximate surface area is 86.9 Å². The molecule has 72 valence electrons. The van der Waals surface area contributed by atoms with Crippen LogP contribution in [0.5, 0.6) is 0 Å². The number of halogens is 1. The molecule has 1 aromatic heterocycles. The molecule has 0 aliphatic carbocycles. The average Bonchev–Trinajstić information content (AvgIpc) is 2.17. The van der Waals surface area contributed by atoms with E-state index in [1.54, 1.807) is 0 Å². The van der Waals surface area contributed by atoms with Crippen molar-refractivity contribution in [1.29, 1.82) is 0 Å². The lowest BCUT2D eigenvalue weighted by Crippen LogP contribution is -2.08. The van der Waals surface area contributed by atoms with Crippen LogP contribution in [-0.4, -0.2) is 4.98 Å². The number of hydrazine groups is 1. The molecular weight excluding hydrogens is 198 g/mol. The van der Waals surface area contributed by atoms with Crippen molar-refractivity contribution < 1.29 is 0 Å². The molecular formula is C10H10ClN3. The minimum absolute atomic E-state index is 0.687. The Morgan fingerprint density at radius 1 is 1.43 bits per heavy atom. The van der Waals surface area contributed by atoms with Gasteiger partial charge in [0, 0.05) is 5.39 Å². The van der Waals surface area contributed by atoms with Crippen LogP contribution in [0.1, 0.15) is 5.69 Å². The number of fused-ring (bicyclic) bond motifs is 1. The van der Waals surface area contributed by atoms with Gasteiger partial charge in [-0.1, -0.05) is 17.7 Å². The number of aryl methyl sites for hydroxylation is 1. The number of hydrogen-bond donors (Lipinski definition) is 2. The van der Waals surface area contributed by atoms with Gasteiger partial charge in [-0.15, -0.1) is 0 Å². The second kappa shape index (κ2) is 3.44. The van der Waals surface area contributed by atoms with Crippen LogP contribution in [0.4, 0.5) is 5.69 Å². The number of benzene rings is 1. The Balaban J connectivity index is 2.80. The van der Waals surface area contributed by atoms with Gasteiger partial charge in [0.25, 0.3) is 0 Å². The van der Waals surface area contributed by atoms with Crippen LogP contribution in [0.3, 0.4) is 0 Å². The van der Waals surface area contributed by atoms with Gasteiger partial charge in [-0.05, 0) is 25.1 Å². The van der Waals surface area contributed by atoms with Crippen molar-refractivity contribution in [3.8, 4) is 0 Å². The van der Waals surface area contributed by atoms with Crippen LogP contribution < -0.4 is 11.3 Å². The maximum atomic E-state index is 6.03. The lowest BCUT2D eigenvalue weighted by molar-refractivity contribution is 1.21. The summed E-state index contributed by atoms with van der Waals surface area (Å²) in [6, 6.07) is 7.54. The minimum Gasteiger partial charge on any atom is -0.322 e. The molecule has 3 N–H and O–H groups in total. The van der Waals surface area contributed by atoms with Crippen LogP contribution in [0.25, 0.3) is 10.9 Å². The fourth-order valence-electron chi connectivity index (χ4n) is 1.40. The zero-order valence-corrected chi connectivity index (χ0v) is 8.47.